The third-order valence-corrected chi connectivity index (χ3v) is 6.79. The number of nitrogens with one attached hydrogen (secondary N) is 1. The van der Waals surface area contributed by atoms with Crippen LogP contribution in [0.5, 0.6) is 23.0 Å². The van der Waals surface area contributed by atoms with Gasteiger partial charge < -0.3 is 24.3 Å². The zero-order chi connectivity index (χ0) is 27.9. The molecule has 3 aromatic carbocycles. The van der Waals surface area contributed by atoms with E-state index in [0.717, 1.165) is 58.6 Å². The minimum atomic E-state index is -0.546. The van der Waals surface area contributed by atoms with Crippen molar-refractivity contribution in [3.63, 3.8) is 0 Å². The van der Waals surface area contributed by atoms with Gasteiger partial charge in [-0.25, -0.2) is 4.39 Å². The average molecular weight is 536 g/mol. The lowest BCUT2D eigenvalue weighted by molar-refractivity contribution is -0.145. The highest BCUT2D eigenvalue weighted by molar-refractivity contribution is 6.02. The van der Waals surface area contributed by atoms with Gasteiger partial charge in [-0.3, -0.25) is 9.59 Å². The van der Waals surface area contributed by atoms with Crippen molar-refractivity contribution >= 4 is 17.6 Å². The van der Waals surface area contributed by atoms with Crippen molar-refractivity contribution in [1.29, 1.82) is 0 Å². The number of anilines is 1. The molecule has 0 atom stereocenters. The average Bonchev–Trinajstić information content (AvgIpc) is 3.40. The van der Waals surface area contributed by atoms with Crippen LogP contribution in [0.15, 0.2) is 42.5 Å². The van der Waals surface area contributed by atoms with Gasteiger partial charge in [-0.2, -0.15) is 0 Å². The van der Waals surface area contributed by atoms with Gasteiger partial charge in [0.1, 0.15) is 23.7 Å². The number of methoxy groups -OCH3 is 2. The standard InChI is InChI=1S/C31H34FNO6/c1-5-38-30(35)18-29(34)33-26-15-19(2)31(24-8-6-7-23(24)26)39-22-12-14-27(36-3)21(17-22)11-9-20-10-13-28(37-4)25(32)16-20/h10,12-17H,5-9,11,18H2,1-4H3,(H,33,34). The molecule has 0 heterocycles. The molecule has 4 rings (SSSR count). The molecule has 1 aliphatic rings. The summed E-state index contributed by atoms with van der Waals surface area (Å²) in [6.07, 6.45) is 3.52. The van der Waals surface area contributed by atoms with Gasteiger partial charge in [0.15, 0.2) is 11.6 Å². The number of carbonyl (C=O) groups is 2. The Morgan fingerprint density at radius 3 is 2.41 bits per heavy atom. The molecular formula is C31H34FNO6. The number of benzene rings is 3. The van der Waals surface area contributed by atoms with E-state index >= 15 is 0 Å². The van der Waals surface area contributed by atoms with Gasteiger partial charge in [-0.05, 0) is 105 Å². The Morgan fingerprint density at radius 1 is 0.949 bits per heavy atom. The molecule has 3 aromatic rings. The molecule has 0 aromatic heterocycles. The van der Waals surface area contributed by atoms with Crippen molar-refractivity contribution < 1.29 is 32.9 Å². The molecule has 7 nitrogen and oxygen atoms in total. The Labute approximate surface area is 228 Å². The number of carbonyl (C=O) groups excluding carboxylic acids is 2. The monoisotopic (exact) mass is 535 g/mol. The van der Waals surface area contributed by atoms with E-state index in [4.69, 9.17) is 18.9 Å². The molecule has 0 saturated carbocycles. The fourth-order valence-corrected chi connectivity index (χ4v) is 4.97. The lowest BCUT2D eigenvalue weighted by Gasteiger charge is -2.18. The lowest BCUT2D eigenvalue weighted by Crippen LogP contribution is -2.19. The zero-order valence-corrected chi connectivity index (χ0v) is 22.8. The van der Waals surface area contributed by atoms with E-state index in [-0.39, 0.29) is 24.6 Å². The summed E-state index contributed by atoms with van der Waals surface area (Å²) in [5.74, 6) is 1.08. The number of aryl methyl sites for hydroxylation is 3. The Balaban J connectivity index is 1.53. The summed E-state index contributed by atoms with van der Waals surface area (Å²) in [5, 5.41) is 2.88. The van der Waals surface area contributed by atoms with Crippen LogP contribution < -0.4 is 19.5 Å². The maximum atomic E-state index is 14.1. The summed E-state index contributed by atoms with van der Waals surface area (Å²) < 4.78 is 36.0. The number of hydrogen-bond donors (Lipinski definition) is 1. The van der Waals surface area contributed by atoms with E-state index in [1.807, 2.05) is 37.3 Å². The molecule has 0 radical (unpaired) electrons. The first-order valence-electron chi connectivity index (χ1n) is 13.1. The predicted molar refractivity (Wildman–Crippen MR) is 147 cm³/mol. The van der Waals surface area contributed by atoms with Crippen LogP contribution in [0.4, 0.5) is 10.1 Å². The van der Waals surface area contributed by atoms with Crippen LogP contribution in [-0.2, 0) is 40.0 Å². The van der Waals surface area contributed by atoms with Gasteiger partial charge in [0.25, 0.3) is 0 Å². The molecule has 1 aliphatic carbocycles. The normalized spacial score (nSPS) is 12.0. The van der Waals surface area contributed by atoms with Gasteiger partial charge in [-0.15, -0.1) is 0 Å². The van der Waals surface area contributed by atoms with Crippen molar-refractivity contribution in [3.8, 4) is 23.0 Å². The summed E-state index contributed by atoms with van der Waals surface area (Å²) in [4.78, 5) is 24.1. The van der Waals surface area contributed by atoms with Crippen molar-refractivity contribution in [2.24, 2.45) is 0 Å². The number of hydrogen-bond acceptors (Lipinski definition) is 6. The van der Waals surface area contributed by atoms with E-state index in [2.05, 4.69) is 5.32 Å². The topological polar surface area (TPSA) is 83.1 Å². The second-order valence-electron chi connectivity index (χ2n) is 9.46. The van der Waals surface area contributed by atoms with Crippen molar-refractivity contribution in [3.05, 3.63) is 76.1 Å². The molecule has 206 valence electrons. The summed E-state index contributed by atoms with van der Waals surface area (Å²) in [6, 6.07) is 12.6. The molecule has 8 heteroatoms. The van der Waals surface area contributed by atoms with Crippen LogP contribution in [0, 0.1) is 12.7 Å². The maximum absolute atomic E-state index is 14.1. The number of halogens is 1. The number of fused-ring (bicyclic) bond motifs is 1. The summed E-state index contributed by atoms with van der Waals surface area (Å²) in [5.41, 5.74) is 5.49. The fraction of sp³-hybridized carbons (Fsp3) is 0.355. The highest BCUT2D eigenvalue weighted by Crippen LogP contribution is 2.41. The van der Waals surface area contributed by atoms with Crippen LogP contribution in [0.25, 0.3) is 0 Å². The first-order valence-corrected chi connectivity index (χ1v) is 13.1. The summed E-state index contributed by atoms with van der Waals surface area (Å²) in [6.45, 7) is 3.88. The van der Waals surface area contributed by atoms with Crippen molar-refractivity contribution in [1.82, 2.24) is 0 Å². The van der Waals surface area contributed by atoms with Gasteiger partial charge >= 0.3 is 5.97 Å². The number of rotatable bonds is 11. The Hall–Kier alpha value is -4.07. The summed E-state index contributed by atoms with van der Waals surface area (Å²) in [7, 11) is 3.07. The zero-order valence-electron chi connectivity index (χ0n) is 22.8. The van der Waals surface area contributed by atoms with E-state index in [1.165, 1.54) is 13.2 Å². The minimum absolute atomic E-state index is 0.221. The van der Waals surface area contributed by atoms with E-state index < -0.39 is 11.9 Å². The number of ether oxygens (including phenoxy) is 4. The molecule has 1 N–H and O–H groups in total. The Morgan fingerprint density at radius 2 is 1.69 bits per heavy atom. The molecule has 0 aliphatic heterocycles. The van der Waals surface area contributed by atoms with Crippen LogP contribution in [0.1, 0.15) is 47.6 Å². The van der Waals surface area contributed by atoms with Gasteiger partial charge in [0, 0.05) is 11.3 Å². The number of amides is 1. The van der Waals surface area contributed by atoms with E-state index in [1.54, 1.807) is 20.1 Å². The maximum Gasteiger partial charge on any atom is 0.315 e. The molecule has 0 bridgehead atoms. The second-order valence-corrected chi connectivity index (χ2v) is 9.46. The third kappa shape index (κ3) is 6.69. The smallest absolute Gasteiger partial charge is 0.315 e. The van der Waals surface area contributed by atoms with Gasteiger partial charge in [0.05, 0.1) is 20.8 Å². The number of esters is 1. The van der Waals surface area contributed by atoms with Crippen LogP contribution in [-0.4, -0.2) is 32.7 Å². The molecule has 0 fully saturated rings. The molecule has 39 heavy (non-hydrogen) atoms. The second kappa shape index (κ2) is 12.7. The van der Waals surface area contributed by atoms with Gasteiger partial charge in [-0.1, -0.05) is 6.07 Å². The Bertz CT molecular complexity index is 1370. The first kappa shape index (κ1) is 28.0. The molecule has 0 saturated heterocycles. The molecule has 0 unspecified atom stereocenters. The molecular weight excluding hydrogens is 501 g/mol. The first-order chi connectivity index (χ1) is 18.8. The highest BCUT2D eigenvalue weighted by Gasteiger charge is 2.24. The quantitative estimate of drug-likeness (QED) is 0.236. The van der Waals surface area contributed by atoms with Crippen molar-refractivity contribution in [2.45, 2.75) is 52.4 Å². The fourth-order valence-electron chi connectivity index (χ4n) is 4.97. The van der Waals surface area contributed by atoms with Crippen molar-refractivity contribution in [2.75, 3.05) is 26.1 Å². The highest BCUT2D eigenvalue weighted by atomic mass is 19.1. The third-order valence-electron chi connectivity index (χ3n) is 6.79. The predicted octanol–water partition coefficient (Wildman–Crippen LogP) is 6.11. The van der Waals surface area contributed by atoms with Crippen LogP contribution in [0.2, 0.25) is 0 Å². The van der Waals surface area contributed by atoms with E-state index in [9.17, 15) is 14.0 Å². The summed E-state index contributed by atoms with van der Waals surface area (Å²) >= 11 is 0. The Kier molecular flexibility index (Phi) is 9.07. The molecule has 1 amide bonds. The largest absolute Gasteiger partial charge is 0.496 e. The minimum Gasteiger partial charge on any atom is -0.496 e. The molecule has 0 spiro atoms. The SMILES string of the molecule is CCOC(=O)CC(=O)Nc1cc(C)c(Oc2ccc(OC)c(CCc3ccc(OC)c(F)c3)c2)c2c1CCC2. The lowest BCUT2D eigenvalue weighted by atomic mass is 10.0. The van der Waals surface area contributed by atoms with Gasteiger partial charge in [0.2, 0.25) is 5.91 Å². The van der Waals surface area contributed by atoms with Crippen LogP contribution in [0.3, 0.4) is 0 Å². The van der Waals surface area contributed by atoms with Crippen LogP contribution >= 0.6 is 0 Å². The van der Waals surface area contributed by atoms with E-state index in [0.29, 0.717) is 24.3 Å².